The zero-order valence-corrected chi connectivity index (χ0v) is 14.6. The Morgan fingerprint density at radius 3 is 2.24 bits per heavy atom. The second-order valence-electron chi connectivity index (χ2n) is 5.70. The van der Waals surface area contributed by atoms with Crippen molar-refractivity contribution >= 4 is 10.8 Å². The molecule has 0 unspecified atom stereocenters. The Balaban J connectivity index is 1.88. The highest BCUT2D eigenvalue weighted by atomic mass is 16.5. The van der Waals surface area contributed by atoms with Gasteiger partial charge in [0.1, 0.15) is 18.1 Å². The Bertz CT molecular complexity index is 816. The lowest BCUT2D eigenvalue weighted by atomic mass is 10.0. The summed E-state index contributed by atoms with van der Waals surface area (Å²) < 4.78 is 5.46. The van der Waals surface area contributed by atoms with Gasteiger partial charge in [0.05, 0.1) is 7.11 Å². The number of aryl methyl sites for hydroxylation is 1. The summed E-state index contributed by atoms with van der Waals surface area (Å²) in [6, 6.07) is 9.64. The molecule has 0 bridgehead atoms. The molecule has 25 heavy (non-hydrogen) atoms. The minimum Gasteiger partial charge on any atom is -0.507 e. The summed E-state index contributed by atoms with van der Waals surface area (Å²) in [6.45, 7) is -0.0713. The fraction of sp³-hybridized carbons (Fsp3) is 0.364. The van der Waals surface area contributed by atoms with Crippen molar-refractivity contribution in [1.82, 2.24) is 0 Å². The maximum absolute atomic E-state index is 10.5. The van der Waals surface area contributed by atoms with Crippen molar-refractivity contribution in [2.75, 3.05) is 13.7 Å². The number of aromatic hydroxyl groups is 1. The Kier molecular flexibility index (Phi) is 7.70. The van der Waals surface area contributed by atoms with Gasteiger partial charge in [-0.25, -0.2) is 0 Å². The first-order valence-corrected chi connectivity index (χ1v) is 8.57. The van der Waals surface area contributed by atoms with Gasteiger partial charge >= 0.3 is 0 Å². The van der Waals surface area contributed by atoms with E-state index in [1.807, 2.05) is 30.3 Å². The predicted molar refractivity (Wildman–Crippen MR) is 102 cm³/mol. The minimum absolute atomic E-state index is 0.0713. The molecular weight excluding hydrogens is 312 g/mol. The first kappa shape index (κ1) is 18.7. The molecule has 3 heteroatoms. The number of benzene rings is 2. The number of phenolic OH excluding ortho intramolecular Hbond substituents is 1. The van der Waals surface area contributed by atoms with Crippen LogP contribution in [0.5, 0.6) is 11.5 Å². The molecule has 0 atom stereocenters. The van der Waals surface area contributed by atoms with Crippen LogP contribution in [0.15, 0.2) is 30.3 Å². The monoisotopic (exact) mass is 336 g/mol. The molecule has 0 amide bonds. The summed E-state index contributed by atoms with van der Waals surface area (Å²) in [7, 11) is 1.65. The molecular formula is C22H24O3. The average Bonchev–Trinajstić information content (AvgIpc) is 2.65. The van der Waals surface area contributed by atoms with E-state index in [1.54, 1.807) is 7.11 Å². The van der Waals surface area contributed by atoms with Crippen molar-refractivity contribution in [2.24, 2.45) is 0 Å². The quantitative estimate of drug-likeness (QED) is 0.618. The van der Waals surface area contributed by atoms with Gasteiger partial charge in [0.2, 0.25) is 0 Å². The van der Waals surface area contributed by atoms with E-state index in [9.17, 15) is 5.11 Å². The van der Waals surface area contributed by atoms with E-state index < -0.39 is 0 Å². The minimum atomic E-state index is -0.0713. The molecule has 0 heterocycles. The fourth-order valence-corrected chi connectivity index (χ4v) is 2.69. The molecule has 3 nitrogen and oxygen atoms in total. The molecule has 2 rings (SSSR count). The summed E-state index contributed by atoms with van der Waals surface area (Å²) in [5, 5.41) is 20.8. The van der Waals surface area contributed by atoms with E-state index in [2.05, 4.69) is 23.7 Å². The van der Waals surface area contributed by atoms with Gasteiger partial charge in [-0.05, 0) is 30.9 Å². The van der Waals surface area contributed by atoms with E-state index in [4.69, 9.17) is 9.84 Å². The van der Waals surface area contributed by atoms with Crippen LogP contribution >= 0.6 is 0 Å². The number of unbranched alkanes of at least 4 members (excludes halogenated alkanes) is 3. The van der Waals surface area contributed by atoms with Gasteiger partial charge in [-0.3, -0.25) is 0 Å². The van der Waals surface area contributed by atoms with E-state index in [-0.39, 0.29) is 6.61 Å². The molecule has 0 spiro atoms. The van der Waals surface area contributed by atoms with Gasteiger partial charge in [-0.2, -0.15) is 0 Å². The van der Waals surface area contributed by atoms with E-state index in [0.717, 1.165) is 60.6 Å². The normalized spacial score (nSPS) is 9.84. The molecule has 0 saturated carbocycles. The number of phenols is 1. The Labute approximate surface area is 149 Å². The molecule has 2 aromatic carbocycles. The molecule has 0 aliphatic heterocycles. The molecule has 0 aliphatic carbocycles. The number of hydrogen-bond donors (Lipinski definition) is 2. The summed E-state index contributed by atoms with van der Waals surface area (Å²) in [6.07, 6.45) is 5.00. The number of aliphatic hydroxyl groups is 1. The second kappa shape index (κ2) is 10.3. The smallest absolute Gasteiger partial charge is 0.127 e. The number of rotatable bonds is 6. The lowest BCUT2D eigenvalue weighted by Crippen LogP contribution is -1.92. The third kappa shape index (κ3) is 5.45. The van der Waals surface area contributed by atoms with Gasteiger partial charge in [0, 0.05) is 30.0 Å². The third-order valence-corrected chi connectivity index (χ3v) is 3.96. The van der Waals surface area contributed by atoms with Crippen molar-refractivity contribution in [3.05, 3.63) is 35.9 Å². The first-order valence-electron chi connectivity index (χ1n) is 8.57. The Morgan fingerprint density at radius 2 is 1.56 bits per heavy atom. The number of fused-ring (bicyclic) bond motifs is 1. The summed E-state index contributed by atoms with van der Waals surface area (Å²) in [5.41, 5.74) is 0.900. The molecule has 0 saturated heterocycles. The topological polar surface area (TPSA) is 49.7 Å². The van der Waals surface area contributed by atoms with Crippen molar-refractivity contribution < 1.29 is 14.9 Å². The maximum Gasteiger partial charge on any atom is 0.127 e. The van der Waals surface area contributed by atoms with Gasteiger partial charge in [0.25, 0.3) is 0 Å². The van der Waals surface area contributed by atoms with E-state index >= 15 is 0 Å². The van der Waals surface area contributed by atoms with Gasteiger partial charge in [-0.15, -0.1) is 17.8 Å². The van der Waals surface area contributed by atoms with Gasteiger partial charge < -0.3 is 14.9 Å². The molecule has 0 fully saturated rings. The lowest BCUT2D eigenvalue weighted by molar-refractivity contribution is 0.350. The summed E-state index contributed by atoms with van der Waals surface area (Å²) in [4.78, 5) is 0. The fourth-order valence-electron chi connectivity index (χ4n) is 2.69. The average molecular weight is 336 g/mol. The first-order chi connectivity index (χ1) is 12.3. The highest BCUT2D eigenvalue weighted by molar-refractivity contribution is 5.94. The van der Waals surface area contributed by atoms with Crippen LogP contribution in [0, 0.1) is 23.7 Å². The molecule has 2 N–H and O–H groups in total. The van der Waals surface area contributed by atoms with Crippen molar-refractivity contribution in [1.29, 1.82) is 0 Å². The van der Waals surface area contributed by atoms with Crippen LogP contribution in [0.25, 0.3) is 10.8 Å². The number of aliphatic hydroxyl groups excluding tert-OH is 1. The largest absolute Gasteiger partial charge is 0.507 e. The highest BCUT2D eigenvalue weighted by Crippen LogP contribution is 2.36. The van der Waals surface area contributed by atoms with Crippen LogP contribution in [-0.4, -0.2) is 23.9 Å². The Morgan fingerprint density at radius 1 is 0.920 bits per heavy atom. The second-order valence-corrected chi connectivity index (χ2v) is 5.70. The molecule has 0 radical (unpaired) electrons. The Hall–Kier alpha value is -2.62. The van der Waals surface area contributed by atoms with Crippen LogP contribution in [0.4, 0.5) is 0 Å². The van der Waals surface area contributed by atoms with Crippen LogP contribution in [0.2, 0.25) is 0 Å². The van der Waals surface area contributed by atoms with E-state index in [1.165, 1.54) is 0 Å². The van der Waals surface area contributed by atoms with Crippen molar-refractivity contribution in [3.8, 4) is 35.2 Å². The third-order valence-electron chi connectivity index (χ3n) is 3.96. The summed E-state index contributed by atoms with van der Waals surface area (Å²) >= 11 is 0. The highest BCUT2D eigenvalue weighted by Gasteiger charge is 2.11. The van der Waals surface area contributed by atoms with Gasteiger partial charge in [-0.1, -0.05) is 30.2 Å². The zero-order chi connectivity index (χ0) is 17.9. The molecule has 0 aromatic heterocycles. The van der Waals surface area contributed by atoms with Crippen molar-refractivity contribution in [2.45, 2.75) is 38.5 Å². The molecule has 2 aromatic rings. The van der Waals surface area contributed by atoms with Crippen molar-refractivity contribution in [3.63, 3.8) is 0 Å². The standard InChI is InChI=1S/C22H24O3/c1-25-21-17-18(22(24)20-15-11-10-14-19(20)21)13-9-7-5-3-2-4-6-8-12-16-23/h10-11,14-15,17,23-24H,2,4,6-7,9,13,16H2,1H3. The predicted octanol–water partition coefficient (Wildman–Crippen LogP) is 4.05. The zero-order valence-electron chi connectivity index (χ0n) is 14.6. The lowest BCUT2D eigenvalue weighted by Gasteiger charge is -2.11. The van der Waals surface area contributed by atoms with E-state index in [0.29, 0.717) is 5.75 Å². The number of hydrogen-bond acceptors (Lipinski definition) is 3. The van der Waals surface area contributed by atoms with Crippen LogP contribution < -0.4 is 4.74 Å². The molecule has 0 aliphatic rings. The number of methoxy groups -OCH3 is 1. The van der Waals surface area contributed by atoms with Gasteiger partial charge in [0.15, 0.2) is 0 Å². The number of ether oxygens (including phenoxy) is 1. The summed E-state index contributed by atoms with van der Waals surface area (Å²) in [5.74, 6) is 13.0. The van der Waals surface area contributed by atoms with Crippen LogP contribution in [0.3, 0.4) is 0 Å². The molecule has 130 valence electrons. The van der Waals surface area contributed by atoms with Crippen LogP contribution in [0.1, 0.15) is 37.7 Å². The van der Waals surface area contributed by atoms with Crippen LogP contribution in [-0.2, 0) is 6.42 Å². The maximum atomic E-state index is 10.5. The SMILES string of the molecule is COc1cc(CCCC#CCCCC#CCO)c(O)c2ccccc12.